The van der Waals surface area contributed by atoms with Gasteiger partial charge in [-0.3, -0.25) is 0 Å². The third-order valence-electron chi connectivity index (χ3n) is 1.69. The van der Waals surface area contributed by atoms with Crippen LogP contribution in [0, 0.1) is 0 Å². The van der Waals surface area contributed by atoms with E-state index in [1.165, 1.54) is 0 Å². The molecule has 0 heterocycles. The summed E-state index contributed by atoms with van der Waals surface area (Å²) in [6.45, 7) is 2.00. The van der Waals surface area contributed by atoms with E-state index in [4.69, 9.17) is 0 Å². The molecule has 0 spiro atoms. The molecule has 0 aliphatic heterocycles. The van der Waals surface area contributed by atoms with E-state index in [0.29, 0.717) is 12.2 Å². The van der Waals surface area contributed by atoms with Crippen molar-refractivity contribution in [2.24, 2.45) is 0 Å². The number of aliphatic hydroxyl groups excluding tert-OH is 1. The molecule has 1 rings (SSSR count). The minimum atomic E-state index is -0.550. The van der Waals surface area contributed by atoms with Crippen LogP contribution in [0.5, 0.6) is 0 Å². The van der Waals surface area contributed by atoms with Crippen molar-refractivity contribution < 1.29 is 14.6 Å². The van der Waals surface area contributed by atoms with Crippen molar-refractivity contribution in [1.29, 1.82) is 0 Å². The number of carbonyl (C=O) groups is 1. The fraction of sp³-hybridized carbons (Fsp3) is 0.182. The van der Waals surface area contributed by atoms with Crippen molar-refractivity contribution in [2.45, 2.75) is 6.92 Å². The van der Waals surface area contributed by atoms with Crippen molar-refractivity contribution in [3.05, 3.63) is 40.4 Å². The number of carbonyl (C=O) groups excluding carboxylic acids is 1. The van der Waals surface area contributed by atoms with Gasteiger partial charge in [-0.1, -0.05) is 34.1 Å². The predicted octanol–water partition coefficient (Wildman–Crippen LogP) is 2.91. The Kier molecular flexibility index (Phi) is 4.37. The first-order valence-electron chi connectivity index (χ1n) is 4.47. The molecule has 1 N–H and O–H groups in total. The number of halogens is 1. The van der Waals surface area contributed by atoms with Gasteiger partial charge in [-0.25, -0.2) is 4.79 Å². The molecule has 0 aliphatic carbocycles. The monoisotopic (exact) mass is 270 g/mol. The van der Waals surface area contributed by atoms with Crippen LogP contribution in [0.2, 0.25) is 0 Å². The van der Waals surface area contributed by atoms with Crippen LogP contribution in [0.15, 0.2) is 34.8 Å². The normalized spacial score (nSPS) is 11.2. The van der Waals surface area contributed by atoms with Crippen LogP contribution in [0.1, 0.15) is 12.5 Å². The first kappa shape index (κ1) is 11.8. The molecule has 0 aliphatic rings. The molecule has 0 aromatic heterocycles. The summed E-state index contributed by atoms with van der Waals surface area (Å²) in [6, 6.07) is 7.08. The number of rotatable bonds is 3. The predicted molar refractivity (Wildman–Crippen MR) is 61.4 cm³/mol. The summed E-state index contributed by atoms with van der Waals surface area (Å²) in [7, 11) is 0. The summed E-state index contributed by atoms with van der Waals surface area (Å²) in [4.78, 5) is 11.1. The van der Waals surface area contributed by atoms with E-state index in [1.54, 1.807) is 25.1 Å². The fourth-order valence-corrected chi connectivity index (χ4v) is 1.53. The molecule has 0 fully saturated rings. The maximum atomic E-state index is 11.1. The molecule has 15 heavy (non-hydrogen) atoms. The Labute approximate surface area is 96.5 Å². The van der Waals surface area contributed by atoms with Crippen LogP contribution in [0.3, 0.4) is 0 Å². The van der Waals surface area contributed by atoms with Crippen molar-refractivity contribution in [1.82, 2.24) is 0 Å². The lowest BCUT2D eigenvalue weighted by atomic mass is 10.2. The summed E-state index contributed by atoms with van der Waals surface area (Å²) in [5.74, 6) is -0.660. The molecule has 1 aromatic carbocycles. The van der Waals surface area contributed by atoms with Crippen LogP contribution in [-0.4, -0.2) is 17.7 Å². The van der Waals surface area contributed by atoms with Gasteiger partial charge < -0.3 is 9.84 Å². The van der Waals surface area contributed by atoms with E-state index < -0.39 is 5.97 Å². The van der Waals surface area contributed by atoms with Gasteiger partial charge in [0.2, 0.25) is 0 Å². The zero-order valence-corrected chi connectivity index (χ0v) is 9.82. The Balaban J connectivity index is 2.89. The molecule has 3 nitrogen and oxygen atoms in total. The highest BCUT2D eigenvalue weighted by atomic mass is 79.9. The zero-order chi connectivity index (χ0) is 11.3. The van der Waals surface area contributed by atoms with Gasteiger partial charge in [0.15, 0.2) is 0 Å². The third kappa shape index (κ3) is 3.40. The van der Waals surface area contributed by atoms with E-state index in [2.05, 4.69) is 20.7 Å². The summed E-state index contributed by atoms with van der Waals surface area (Å²) in [5, 5.41) is 9.63. The van der Waals surface area contributed by atoms with Crippen LogP contribution >= 0.6 is 15.9 Å². The maximum Gasteiger partial charge on any atom is 0.334 e. The molecular weight excluding hydrogens is 260 g/mol. The lowest BCUT2D eigenvalue weighted by Gasteiger charge is -2.02. The molecule has 0 atom stereocenters. The molecule has 0 saturated carbocycles. The summed E-state index contributed by atoms with van der Waals surface area (Å²) < 4.78 is 5.41. The second-order valence-electron chi connectivity index (χ2n) is 2.76. The molecule has 1 aromatic rings. The van der Waals surface area contributed by atoms with Crippen molar-refractivity contribution in [2.75, 3.05) is 6.61 Å². The molecule has 0 radical (unpaired) electrons. The van der Waals surface area contributed by atoms with Crippen LogP contribution in [-0.2, 0) is 9.53 Å². The zero-order valence-electron chi connectivity index (χ0n) is 8.24. The topological polar surface area (TPSA) is 46.5 Å². The lowest BCUT2D eigenvalue weighted by Crippen LogP contribution is -2.01. The van der Waals surface area contributed by atoms with Gasteiger partial charge in [-0.2, -0.15) is 0 Å². The highest BCUT2D eigenvalue weighted by Gasteiger charge is 2.06. The summed E-state index contributed by atoms with van der Waals surface area (Å²) in [5.41, 5.74) is 0.561. The number of hydrogen-bond acceptors (Lipinski definition) is 3. The second-order valence-corrected chi connectivity index (χ2v) is 3.62. The quantitative estimate of drug-likeness (QED) is 0.522. The number of esters is 1. The number of hydrogen-bond donors (Lipinski definition) is 1. The minimum absolute atomic E-state index is 0.110. The van der Waals surface area contributed by atoms with Crippen LogP contribution in [0.4, 0.5) is 0 Å². The Morgan fingerprint density at radius 3 is 2.80 bits per heavy atom. The highest BCUT2D eigenvalue weighted by Crippen LogP contribution is 2.21. The van der Waals surface area contributed by atoms with E-state index >= 15 is 0 Å². The first-order valence-corrected chi connectivity index (χ1v) is 5.26. The molecule has 0 bridgehead atoms. The Morgan fingerprint density at radius 1 is 1.53 bits per heavy atom. The SMILES string of the molecule is CCOC(=O)C=C(O)c1ccccc1Br. The van der Waals surface area contributed by atoms with Crippen molar-refractivity contribution in [3.8, 4) is 0 Å². The van der Waals surface area contributed by atoms with Crippen molar-refractivity contribution >= 4 is 27.7 Å². The van der Waals surface area contributed by atoms with Gasteiger partial charge in [0.05, 0.1) is 12.7 Å². The summed E-state index contributed by atoms with van der Waals surface area (Å²) >= 11 is 3.27. The molecule has 4 heteroatoms. The van der Waals surface area contributed by atoms with E-state index in [1.807, 2.05) is 6.07 Å². The Hall–Kier alpha value is -1.29. The van der Waals surface area contributed by atoms with E-state index in [9.17, 15) is 9.90 Å². The Morgan fingerprint density at radius 2 is 2.20 bits per heavy atom. The first-order chi connectivity index (χ1) is 7.15. The average molecular weight is 271 g/mol. The minimum Gasteiger partial charge on any atom is -0.507 e. The fourth-order valence-electron chi connectivity index (χ4n) is 1.04. The van der Waals surface area contributed by atoms with Crippen LogP contribution < -0.4 is 0 Å². The smallest absolute Gasteiger partial charge is 0.334 e. The van der Waals surface area contributed by atoms with Gasteiger partial charge >= 0.3 is 5.97 Å². The van der Waals surface area contributed by atoms with Gasteiger partial charge in [-0.15, -0.1) is 0 Å². The van der Waals surface area contributed by atoms with Crippen molar-refractivity contribution in [3.63, 3.8) is 0 Å². The van der Waals surface area contributed by atoms with E-state index in [-0.39, 0.29) is 5.76 Å². The van der Waals surface area contributed by atoms with Gasteiger partial charge in [0.25, 0.3) is 0 Å². The van der Waals surface area contributed by atoms with E-state index in [0.717, 1.165) is 10.5 Å². The number of ether oxygens (including phenoxy) is 1. The molecule has 0 unspecified atom stereocenters. The molecular formula is C11H11BrO3. The second kappa shape index (κ2) is 5.56. The Bertz CT molecular complexity index is 385. The molecule has 80 valence electrons. The third-order valence-corrected chi connectivity index (χ3v) is 2.38. The van der Waals surface area contributed by atoms with Gasteiger partial charge in [-0.05, 0) is 13.0 Å². The van der Waals surface area contributed by atoms with Gasteiger partial charge in [0, 0.05) is 10.0 Å². The average Bonchev–Trinajstić information content (AvgIpc) is 2.18. The molecule has 0 amide bonds. The number of benzene rings is 1. The maximum absolute atomic E-state index is 11.1. The largest absolute Gasteiger partial charge is 0.507 e. The summed E-state index contributed by atoms with van der Waals surface area (Å²) in [6.07, 6.45) is 1.06. The van der Waals surface area contributed by atoms with Crippen LogP contribution in [0.25, 0.3) is 5.76 Å². The molecule has 0 saturated heterocycles. The number of aliphatic hydroxyl groups is 1. The standard InChI is InChI=1S/C11H11BrO3/c1-2-15-11(14)7-10(13)8-5-3-4-6-9(8)12/h3-7,13H,2H2,1H3. The highest BCUT2D eigenvalue weighted by molar-refractivity contribution is 9.10. The lowest BCUT2D eigenvalue weighted by molar-refractivity contribution is -0.137. The van der Waals surface area contributed by atoms with Gasteiger partial charge in [0.1, 0.15) is 5.76 Å².